The van der Waals surface area contributed by atoms with Crippen LogP contribution in [0.2, 0.25) is 5.02 Å². The fraction of sp³-hybridized carbons (Fsp3) is 0.526. The van der Waals surface area contributed by atoms with E-state index in [0.29, 0.717) is 29.2 Å². The van der Waals surface area contributed by atoms with Gasteiger partial charge in [-0.15, -0.1) is 24.0 Å². The van der Waals surface area contributed by atoms with Crippen LogP contribution in [0.25, 0.3) is 11.4 Å². The van der Waals surface area contributed by atoms with Crippen molar-refractivity contribution < 1.29 is 8.73 Å². The van der Waals surface area contributed by atoms with E-state index < -0.39 is 10.8 Å². The summed E-state index contributed by atoms with van der Waals surface area (Å²) in [6.45, 7) is 2.35. The zero-order valence-electron chi connectivity index (χ0n) is 16.6. The number of benzene rings is 1. The van der Waals surface area contributed by atoms with Crippen molar-refractivity contribution >= 4 is 52.3 Å². The molecule has 1 aliphatic carbocycles. The predicted molar refractivity (Wildman–Crippen MR) is 128 cm³/mol. The number of aliphatic imine (C=N–C) groups is 1. The Balaban J connectivity index is 0.00000300. The Labute approximate surface area is 195 Å². The third-order valence-corrected chi connectivity index (χ3v) is 6.78. The smallest absolute Gasteiger partial charge is 0.246 e. The Morgan fingerprint density at radius 2 is 2.24 bits per heavy atom. The first-order valence-corrected chi connectivity index (χ1v) is 11.3. The van der Waals surface area contributed by atoms with Gasteiger partial charge in [-0.25, -0.2) is 0 Å². The molecule has 160 valence electrons. The number of guanidine groups is 1. The van der Waals surface area contributed by atoms with Crippen molar-refractivity contribution in [2.45, 2.75) is 50.4 Å². The minimum absolute atomic E-state index is 0. The number of rotatable bonds is 6. The second-order valence-corrected chi connectivity index (χ2v) is 9.19. The van der Waals surface area contributed by atoms with Gasteiger partial charge in [0.05, 0.1) is 6.54 Å². The first kappa shape index (κ1) is 24.1. The van der Waals surface area contributed by atoms with Gasteiger partial charge in [0.1, 0.15) is 0 Å². The molecule has 1 aromatic heterocycles. The van der Waals surface area contributed by atoms with Gasteiger partial charge in [-0.2, -0.15) is 4.98 Å². The number of hydrogen-bond acceptors (Lipinski definition) is 5. The van der Waals surface area contributed by atoms with Crippen LogP contribution in [-0.4, -0.2) is 44.4 Å². The van der Waals surface area contributed by atoms with E-state index in [9.17, 15) is 4.21 Å². The van der Waals surface area contributed by atoms with Gasteiger partial charge in [0.15, 0.2) is 5.96 Å². The van der Waals surface area contributed by atoms with Crippen LogP contribution < -0.4 is 10.6 Å². The molecule has 3 atom stereocenters. The molecule has 29 heavy (non-hydrogen) atoms. The van der Waals surface area contributed by atoms with Crippen molar-refractivity contribution in [3.05, 3.63) is 35.2 Å². The maximum atomic E-state index is 12.1. The highest BCUT2D eigenvalue weighted by Gasteiger charge is 2.26. The molecule has 0 amide bonds. The van der Waals surface area contributed by atoms with Crippen LogP contribution in [0.3, 0.4) is 0 Å². The average Bonchev–Trinajstić information content (AvgIpc) is 3.20. The van der Waals surface area contributed by atoms with Gasteiger partial charge in [-0.3, -0.25) is 9.20 Å². The van der Waals surface area contributed by atoms with Crippen molar-refractivity contribution in [3.8, 4) is 11.4 Å². The molecular weight excluding hydrogens is 525 g/mol. The summed E-state index contributed by atoms with van der Waals surface area (Å²) in [5.41, 5.74) is 0.808. The van der Waals surface area contributed by atoms with E-state index in [1.54, 1.807) is 19.2 Å². The maximum absolute atomic E-state index is 12.1. The highest BCUT2D eigenvalue weighted by atomic mass is 127. The molecule has 0 aliphatic heterocycles. The van der Waals surface area contributed by atoms with Crippen LogP contribution in [0.4, 0.5) is 0 Å². The molecule has 1 aliphatic rings. The molecule has 10 heteroatoms. The summed E-state index contributed by atoms with van der Waals surface area (Å²) in [6, 6.07) is 7.60. The molecule has 2 aromatic rings. The molecular formula is C19H27ClIN5O2S. The lowest BCUT2D eigenvalue weighted by Crippen LogP contribution is -2.46. The SMILES string of the molecule is CCS(=O)C1CCCC(NC(=NC)NCc2nc(-c3cccc(Cl)c3)no2)C1.I. The van der Waals surface area contributed by atoms with Gasteiger partial charge in [0.2, 0.25) is 11.7 Å². The first-order chi connectivity index (χ1) is 13.6. The number of aromatic nitrogens is 2. The molecule has 1 fully saturated rings. The second-order valence-electron chi connectivity index (χ2n) is 6.75. The van der Waals surface area contributed by atoms with Gasteiger partial charge in [-0.05, 0) is 31.4 Å². The van der Waals surface area contributed by atoms with Gasteiger partial charge < -0.3 is 15.2 Å². The molecule has 3 unspecified atom stereocenters. The highest BCUT2D eigenvalue weighted by Crippen LogP contribution is 2.23. The molecule has 1 aromatic carbocycles. The van der Waals surface area contributed by atoms with Crippen LogP contribution in [0.15, 0.2) is 33.8 Å². The lowest BCUT2D eigenvalue weighted by molar-refractivity contribution is 0.373. The van der Waals surface area contributed by atoms with Crippen molar-refractivity contribution in [1.29, 1.82) is 0 Å². The molecule has 7 nitrogen and oxygen atoms in total. The van der Waals surface area contributed by atoms with E-state index in [-0.39, 0.29) is 35.3 Å². The summed E-state index contributed by atoms with van der Waals surface area (Å²) in [6.07, 6.45) is 4.08. The highest BCUT2D eigenvalue weighted by molar-refractivity contribution is 14.0. The zero-order valence-corrected chi connectivity index (χ0v) is 20.5. The van der Waals surface area contributed by atoms with Gasteiger partial charge in [-0.1, -0.05) is 42.2 Å². The summed E-state index contributed by atoms with van der Waals surface area (Å²) in [5, 5.41) is 11.5. The average molecular weight is 552 g/mol. The fourth-order valence-electron chi connectivity index (χ4n) is 3.37. The number of hydrogen-bond donors (Lipinski definition) is 2. The normalized spacial score (nSPS) is 20.6. The largest absolute Gasteiger partial charge is 0.354 e. The van der Waals surface area contributed by atoms with Crippen molar-refractivity contribution in [1.82, 2.24) is 20.8 Å². The van der Waals surface area contributed by atoms with Crippen LogP contribution in [0, 0.1) is 0 Å². The third kappa shape index (κ3) is 6.92. The second kappa shape index (κ2) is 11.8. The number of halogens is 2. The molecule has 1 saturated carbocycles. The summed E-state index contributed by atoms with van der Waals surface area (Å²) in [7, 11) is 0.983. The Hall–Kier alpha value is -1.20. The first-order valence-electron chi connectivity index (χ1n) is 9.52. The van der Waals surface area contributed by atoms with Crippen LogP contribution in [-0.2, 0) is 17.3 Å². The summed E-state index contributed by atoms with van der Waals surface area (Å²) >= 11 is 6.01. The summed E-state index contributed by atoms with van der Waals surface area (Å²) in [5.74, 6) is 2.36. The molecule has 0 saturated heterocycles. The Kier molecular flexibility index (Phi) is 9.84. The van der Waals surface area contributed by atoms with E-state index >= 15 is 0 Å². The minimum atomic E-state index is -0.745. The standard InChI is InChI=1S/C19H26ClN5O2S.HI/c1-3-28(26)16-9-5-8-15(11-16)23-19(21-2)22-12-17-24-18(25-27-17)13-6-4-7-14(20)10-13;/h4,6-7,10,15-16H,3,5,8-9,11-12H2,1-2H3,(H2,21,22,23);1H. The van der Waals surface area contributed by atoms with Crippen molar-refractivity contribution in [2.75, 3.05) is 12.8 Å². The number of nitrogens with zero attached hydrogens (tertiary/aromatic N) is 3. The molecule has 0 spiro atoms. The molecule has 0 bridgehead atoms. The molecule has 0 radical (unpaired) electrons. The predicted octanol–water partition coefficient (Wildman–Crippen LogP) is 3.75. The topological polar surface area (TPSA) is 92.4 Å². The fourth-order valence-corrected chi connectivity index (χ4v) is 4.91. The van der Waals surface area contributed by atoms with Crippen LogP contribution in [0.5, 0.6) is 0 Å². The van der Waals surface area contributed by atoms with E-state index in [1.807, 2.05) is 19.1 Å². The Morgan fingerprint density at radius 1 is 1.41 bits per heavy atom. The van der Waals surface area contributed by atoms with Crippen LogP contribution >= 0.6 is 35.6 Å². The van der Waals surface area contributed by atoms with Crippen molar-refractivity contribution in [2.24, 2.45) is 4.99 Å². The van der Waals surface area contributed by atoms with Gasteiger partial charge in [0, 0.05) is 45.5 Å². The Morgan fingerprint density at radius 3 is 2.97 bits per heavy atom. The molecule has 2 N–H and O–H groups in total. The van der Waals surface area contributed by atoms with Gasteiger partial charge in [0.25, 0.3) is 0 Å². The van der Waals surface area contributed by atoms with Crippen LogP contribution in [0.1, 0.15) is 38.5 Å². The maximum Gasteiger partial charge on any atom is 0.246 e. The van der Waals surface area contributed by atoms with Crippen molar-refractivity contribution in [3.63, 3.8) is 0 Å². The zero-order chi connectivity index (χ0) is 19.9. The monoisotopic (exact) mass is 551 g/mol. The Bertz CT molecular complexity index is 848. The van der Waals surface area contributed by atoms with E-state index in [1.165, 1.54) is 0 Å². The summed E-state index contributed by atoms with van der Waals surface area (Å²) in [4.78, 5) is 8.67. The summed E-state index contributed by atoms with van der Waals surface area (Å²) < 4.78 is 17.4. The van der Waals surface area contributed by atoms with E-state index in [0.717, 1.165) is 37.0 Å². The third-order valence-electron chi connectivity index (χ3n) is 4.80. The van der Waals surface area contributed by atoms with Gasteiger partial charge >= 0.3 is 0 Å². The number of nitrogens with one attached hydrogen (secondary N) is 2. The lowest BCUT2D eigenvalue weighted by atomic mass is 9.95. The quantitative estimate of drug-likeness (QED) is 0.323. The van der Waals surface area contributed by atoms with E-state index in [2.05, 4.69) is 25.8 Å². The minimum Gasteiger partial charge on any atom is -0.354 e. The van der Waals surface area contributed by atoms with E-state index in [4.69, 9.17) is 16.1 Å². The molecule has 1 heterocycles. The molecule has 3 rings (SSSR count). The lowest BCUT2D eigenvalue weighted by Gasteiger charge is -2.30.